The second kappa shape index (κ2) is 4.16. The second-order valence-corrected chi connectivity index (χ2v) is 3.22. The highest BCUT2D eigenvalue weighted by Gasteiger charge is 1.95. The minimum atomic E-state index is 0.586. The van der Waals surface area contributed by atoms with Crippen molar-refractivity contribution in [1.82, 2.24) is 0 Å². The van der Waals surface area contributed by atoms with Gasteiger partial charge in [-0.3, -0.25) is 4.99 Å². The number of rotatable bonds is 2. The number of thioether (sulfide) groups is 1. The van der Waals surface area contributed by atoms with Gasteiger partial charge in [0.05, 0.1) is 0 Å². The summed E-state index contributed by atoms with van der Waals surface area (Å²) in [7, 11) is 1.69. The van der Waals surface area contributed by atoms with Gasteiger partial charge in [-0.2, -0.15) is 0 Å². The smallest absolute Gasteiger partial charge is 0.125 e. The van der Waals surface area contributed by atoms with Crippen LogP contribution in [0.1, 0.15) is 5.56 Å². The summed E-state index contributed by atoms with van der Waals surface area (Å²) in [5, 5.41) is 0. The van der Waals surface area contributed by atoms with Crippen LogP contribution in [0.4, 0.5) is 0 Å². The van der Waals surface area contributed by atoms with E-state index in [1.807, 2.05) is 30.5 Å². The van der Waals surface area contributed by atoms with E-state index >= 15 is 0 Å². The Labute approximate surface area is 76.9 Å². The molecule has 0 radical (unpaired) electrons. The maximum absolute atomic E-state index is 5.63. The Kier molecular flexibility index (Phi) is 3.17. The van der Waals surface area contributed by atoms with E-state index in [9.17, 15) is 0 Å². The molecule has 0 aromatic heterocycles. The van der Waals surface area contributed by atoms with Gasteiger partial charge < -0.3 is 5.73 Å². The van der Waals surface area contributed by atoms with Gasteiger partial charge in [0.2, 0.25) is 0 Å². The normalized spacial score (nSPS) is 11.7. The van der Waals surface area contributed by atoms with Crippen molar-refractivity contribution in [2.24, 2.45) is 10.7 Å². The molecule has 1 aromatic carbocycles. The summed E-state index contributed by atoms with van der Waals surface area (Å²) in [6.45, 7) is 0. The SMILES string of the molecule is CN=C(N)c1ccc(SC)cc1. The third-order valence-corrected chi connectivity index (χ3v) is 2.37. The van der Waals surface area contributed by atoms with Gasteiger partial charge in [-0.05, 0) is 18.4 Å². The Morgan fingerprint density at radius 2 is 1.92 bits per heavy atom. The Hall–Kier alpha value is -0.960. The molecule has 64 valence electrons. The molecule has 0 saturated carbocycles. The van der Waals surface area contributed by atoms with Crippen molar-refractivity contribution in [3.05, 3.63) is 29.8 Å². The first kappa shape index (κ1) is 9.13. The van der Waals surface area contributed by atoms with Crippen LogP contribution in [0.3, 0.4) is 0 Å². The third-order valence-electron chi connectivity index (χ3n) is 1.63. The van der Waals surface area contributed by atoms with Gasteiger partial charge >= 0.3 is 0 Å². The highest BCUT2D eigenvalue weighted by atomic mass is 32.2. The standard InChI is InChI=1S/C9H12N2S/c1-11-9(10)7-3-5-8(12-2)6-4-7/h3-6H,1-2H3,(H2,10,11). The van der Waals surface area contributed by atoms with E-state index in [1.54, 1.807) is 18.8 Å². The van der Waals surface area contributed by atoms with E-state index in [0.717, 1.165) is 5.56 Å². The minimum absolute atomic E-state index is 0.586. The largest absolute Gasteiger partial charge is 0.384 e. The highest BCUT2D eigenvalue weighted by molar-refractivity contribution is 7.98. The molecule has 0 amide bonds. The zero-order valence-electron chi connectivity index (χ0n) is 7.24. The fourth-order valence-corrected chi connectivity index (χ4v) is 1.30. The number of hydrogen-bond acceptors (Lipinski definition) is 2. The summed E-state index contributed by atoms with van der Waals surface area (Å²) >= 11 is 1.72. The molecule has 12 heavy (non-hydrogen) atoms. The Morgan fingerprint density at radius 1 is 1.33 bits per heavy atom. The van der Waals surface area contributed by atoms with Gasteiger partial charge in [0.1, 0.15) is 5.84 Å². The van der Waals surface area contributed by atoms with Gasteiger partial charge in [0, 0.05) is 17.5 Å². The van der Waals surface area contributed by atoms with Crippen LogP contribution < -0.4 is 5.73 Å². The number of benzene rings is 1. The molecule has 1 aromatic rings. The predicted octanol–water partition coefficient (Wildman–Crippen LogP) is 1.74. The molecule has 0 spiro atoms. The summed E-state index contributed by atoms with van der Waals surface area (Å²) < 4.78 is 0. The highest BCUT2D eigenvalue weighted by Crippen LogP contribution is 2.14. The maximum Gasteiger partial charge on any atom is 0.125 e. The lowest BCUT2D eigenvalue weighted by molar-refractivity contribution is 1.37. The van der Waals surface area contributed by atoms with Crippen LogP contribution in [-0.4, -0.2) is 19.1 Å². The summed E-state index contributed by atoms with van der Waals surface area (Å²) in [5.41, 5.74) is 6.61. The first-order chi connectivity index (χ1) is 5.77. The Balaban J connectivity index is 2.92. The molecule has 0 bridgehead atoms. The van der Waals surface area contributed by atoms with Crippen LogP contribution in [0, 0.1) is 0 Å². The van der Waals surface area contributed by atoms with Crippen LogP contribution in [0.5, 0.6) is 0 Å². The van der Waals surface area contributed by atoms with Crippen molar-refractivity contribution in [3.63, 3.8) is 0 Å². The van der Waals surface area contributed by atoms with E-state index in [4.69, 9.17) is 5.73 Å². The Morgan fingerprint density at radius 3 is 2.33 bits per heavy atom. The van der Waals surface area contributed by atoms with Crippen molar-refractivity contribution in [2.45, 2.75) is 4.90 Å². The topological polar surface area (TPSA) is 38.4 Å². The van der Waals surface area contributed by atoms with Crippen LogP contribution >= 0.6 is 11.8 Å². The second-order valence-electron chi connectivity index (χ2n) is 2.34. The first-order valence-corrected chi connectivity index (χ1v) is 4.87. The van der Waals surface area contributed by atoms with Crippen molar-refractivity contribution in [1.29, 1.82) is 0 Å². The van der Waals surface area contributed by atoms with Gasteiger partial charge in [-0.1, -0.05) is 12.1 Å². The minimum Gasteiger partial charge on any atom is -0.384 e. The lowest BCUT2D eigenvalue weighted by Gasteiger charge is -2.00. The number of hydrogen-bond donors (Lipinski definition) is 1. The van der Waals surface area contributed by atoms with Crippen LogP contribution in [0.2, 0.25) is 0 Å². The average Bonchev–Trinajstić information content (AvgIpc) is 2.17. The van der Waals surface area contributed by atoms with Gasteiger partial charge in [0.15, 0.2) is 0 Å². The summed E-state index contributed by atoms with van der Waals surface area (Å²) in [5.74, 6) is 0.586. The van der Waals surface area contributed by atoms with Crippen molar-refractivity contribution < 1.29 is 0 Å². The summed E-state index contributed by atoms with van der Waals surface area (Å²) in [6, 6.07) is 8.04. The quantitative estimate of drug-likeness (QED) is 0.428. The fraction of sp³-hybridized carbons (Fsp3) is 0.222. The van der Waals surface area contributed by atoms with E-state index in [1.165, 1.54) is 4.90 Å². The predicted molar refractivity (Wildman–Crippen MR) is 54.9 cm³/mol. The van der Waals surface area contributed by atoms with Crippen molar-refractivity contribution >= 4 is 17.6 Å². The molecule has 0 aliphatic rings. The summed E-state index contributed by atoms with van der Waals surface area (Å²) in [4.78, 5) is 5.14. The third kappa shape index (κ3) is 2.01. The molecule has 2 nitrogen and oxygen atoms in total. The molecule has 0 unspecified atom stereocenters. The number of aliphatic imine (C=N–C) groups is 1. The van der Waals surface area contributed by atoms with Crippen LogP contribution in [0.25, 0.3) is 0 Å². The molecule has 0 saturated heterocycles. The fourth-order valence-electron chi connectivity index (χ4n) is 0.891. The number of amidine groups is 1. The lowest BCUT2D eigenvalue weighted by atomic mass is 10.2. The van der Waals surface area contributed by atoms with Crippen LogP contribution in [-0.2, 0) is 0 Å². The number of nitrogens with zero attached hydrogens (tertiary/aromatic N) is 1. The van der Waals surface area contributed by atoms with E-state index in [2.05, 4.69) is 4.99 Å². The van der Waals surface area contributed by atoms with Crippen molar-refractivity contribution in [2.75, 3.05) is 13.3 Å². The Bertz CT molecular complexity index is 277. The van der Waals surface area contributed by atoms with E-state index in [-0.39, 0.29) is 0 Å². The van der Waals surface area contributed by atoms with E-state index in [0.29, 0.717) is 5.84 Å². The molecule has 1 rings (SSSR count). The molecule has 0 aliphatic heterocycles. The van der Waals surface area contributed by atoms with Crippen molar-refractivity contribution in [3.8, 4) is 0 Å². The van der Waals surface area contributed by atoms with E-state index < -0.39 is 0 Å². The molecule has 0 aliphatic carbocycles. The molecule has 0 atom stereocenters. The molecule has 3 heteroatoms. The molecule has 2 N–H and O–H groups in total. The molecule has 0 fully saturated rings. The average molecular weight is 180 g/mol. The maximum atomic E-state index is 5.63. The zero-order chi connectivity index (χ0) is 8.97. The molecular weight excluding hydrogens is 168 g/mol. The van der Waals surface area contributed by atoms with Gasteiger partial charge in [0.25, 0.3) is 0 Å². The molecular formula is C9H12N2S. The van der Waals surface area contributed by atoms with Gasteiger partial charge in [-0.25, -0.2) is 0 Å². The monoisotopic (exact) mass is 180 g/mol. The van der Waals surface area contributed by atoms with Gasteiger partial charge in [-0.15, -0.1) is 11.8 Å². The number of nitrogens with two attached hydrogens (primary N) is 1. The lowest BCUT2D eigenvalue weighted by Crippen LogP contribution is -2.12. The first-order valence-electron chi connectivity index (χ1n) is 3.64. The zero-order valence-corrected chi connectivity index (χ0v) is 8.06. The summed E-state index contributed by atoms with van der Waals surface area (Å²) in [6.07, 6.45) is 2.05. The molecule has 0 heterocycles. The van der Waals surface area contributed by atoms with Crippen LogP contribution in [0.15, 0.2) is 34.2 Å².